The zero-order valence-corrected chi connectivity index (χ0v) is 20.9. The molecule has 36 heavy (non-hydrogen) atoms. The molecular formula is C24H19ClF2N5O3P. The summed E-state index contributed by atoms with van der Waals surface area (Å²) >= 11 is 6.53. The monoisotopic (exact) mass is 529 g/mol. The van der Waals surface area contributed by atoms with Crippen LogP contribution < -0.4 is 10.8 Å². The third-order valence-electron chi connectivity index (χ3n) is 5.57. The van der Waals surface area contributed by atoms with Gasteiger partial charge in [0.05, 0.1) is 39.6 Å². The standard InChI is InChI=1S/C24H19ClF2N5O3P/c1-11-6-15(10-29-24(11)36(33,34)35)21-18(27)8-19-22(32-21)23(20(25)13(3)30-19)31-12(2)16-7-14(9-28)4-5-17(16)26/h4-8,10,12H,1-3H3,(H,30,31)(H2,33,34,35). The van der Waals surface area contributed by atoms with Crippen molar-refractivity contribution in [3.05, 3.63) is 75.6 Å². The van der Waals surface area contributed by atoms with Crippen molar-refractivity contribution in [2.24, 2.45) is 0 Å². The molecule has 0 saturated carbocycles. The second kappa shape index (κ2) is 9.52. The second-order valence-corrected chi connectivity index (χ2v) is 10.1. The first-order chi connectivity index (χ1) is 16.9. The van der Waals surface area contributed by atoms with Gasteiger partial charge in [-0.1, -0.05) is 11.6 Å². The molecule has 8 nitrogen and oxygen atoms in total. The molecule has 0 aliphatic heterocycles. The van der Waals surface area contributed by atoms with E-state index in [9.17, 15) is 24.0 Å². The minimum atomic E-state index is -4.61. The highest BCUT2D eigenvalue weighted by molar-refractivity contribution is 7.60. The van der Waals surface area contributed by atoms with Gasteiger partial charge in [0.2, 0.25) is 0 Å². The molecule has 3 aromatic heterocycles. The number of nitrogens with zero attached hydrogens (tertiary/aromatic N) is 4. The minimum Gasteiger partial charge on any atom is -0.375 e. The molecular weight excluding hydrogens is 511 g/mol. The van der Waals surface area contributed by atoms with Crippen LogP contribution in [0.15, 0.2) is 36.5 Å². The summed E-state index contributed by atoms with van der Waals surface area (Å²) in [6, 6.07) is 7.86. The summed E-state index contributed by atoms with van der Waals surface area (Å²) in [5.41, 5.74) is 1.38. The van der Waals surface area contributed by atoms with E-state index in [1.807, 2.05) is 6.07 Å². The van der Waals surface area contributed by atoms with Crippen LogP contribution in [0.2, 0.25) is 5.02 Å². The number of nitrogens with one attached hydrogen (secondary N) is 1. The van der Waals surface area contributed by atoms with E-state index < -0.39 is 30.7 Å². The fraction of sp³-hybridized carbons (Fsp3) is 0.167. The number of aryl methyl sites for hydroxylation is 2. The number of hydrogen-bond donors (Lipinski definition) is 3. The summed E-state index contributed by atoms with van der Waals surface area (Å²) in [7, 11) is -4.61. The average molecular weight is 530 g/mol. The van der Waals surface area contributed by atoms with Crippen molar-refractivity contribution in [3.8, 4) is 17.3 Å². The molecule has 3 N–H and O–H groups in total. The van der Waals surface area contributed by atoms with E-state index in [1.54, 1.807) is 13.8 Å². The Morgan fingerprint density at radius 3 is 2.50 bits per heavy atom. The van der Waals surface area contributed by atoms with Crippen LogP contribution in [-0.4, -0.2) is 24.7 Å². The predicted octanol–water partition coefficient (Wildman–Crippen LogP) is 5.09. The van der Waals surface area contributed by atoms with Gasteiger partial charge >= 0.3 is 7.60 Å². The van der Waals surface area contributed by atoms with E-state index in [4.69, 9.17) is 11.6 Å². The maximum Gasteiger partial charge on any atom is 0.374 e. The van der Waals surface area contributed by atoms with Crippen LogP contribution in [0.5, 0.6) is 0 Å². The van der Waals surface area contributed by atoms with Gasteiger partial charge in [-0.05, 0) is 50.6 Å². The third kappa shape index (κ3) is 4.79. The Morgan fingerprint density at radius 2 is 1.86 bits per heavy atom. The van der Waals surface area contributed by atoms with Gasteiger partial charge in [0.1, 0.15) is 17.0 Å². The number of pyridine rings is 3. The molecule has 0 amide bonds. The molecule has 1 atom stereocenters. The molecule has 0 fully saturated rings. The van der Waals surface area contributed by atoms with Gasteiger partial charge in [-0.2, -0.15) is 5.26 Å². The Hall–Kier alpha value is -3.48. The topological polar surface area (TPSA) is 132 Å². The highest BCUT2D eigenvalue weighted by Gasteiger charge is 2.24. The van der Waals surface area contributed by atoms with Crippen molar-refractivity contribution < 1.29 is 23.1 Å². The molecule has 0 spiro atoms. The third-order valence-corrected chi connectivity index (χ3v) is 7.05. The van der Waals surface area contributed by atoms with E-state index in [1.165, 1.54) is 37.3 Å². The van der Waals surface area contributed by atoms with Crippen LogP contribution in [-0.2, 0) is 4.57 Å². The zero-order chi connectivity index (χ0) is 26.4. The summed E-state index contributed by atoms with van der Waals surface area (Å²) in [6.45, 7) is 4.76. The molecule has 1 unspecified atom stereocenters. The van der Waals surface area contributed by atoms with E-state index in [-0.39, 0.29) is 49.7 Å². The van der Waals surface area contributed by atoms with Crippen molar-refractivity contribution in [2.75, 3.05) is 5.32 Å². The Bertz CT molecular complexity index is 1620. The quantitative estimate of drug-likeness (QED) is 0.305. The van der Waals surface area contributed by atoms with Crippen LogP contribution in [0.3, 0.4) is 0 Å². The first-order valence-corrected chi connectivity index (χ1v) is 12.5. The lowest BCUT2D eigenvalue weighted by Gasteiger charge is -2.20. The molecule has 0 saturated heterocycles. The van der Waals surface area contributed by atoms with Gasteiger partial charge in [0.15, 0.2) is 11.3 Å². The number of nitriles is 1. The predicted molar refractivity (Wildman–Crippen MR) is 132 cm³/mol. The van der Waals surface area contributed by atoms with Crippen molar-refractivity contribution in [1.82, 2.24) is 15.0 Å². The van der Waals surface area contributed by atoms with Gasteiger partial charge in [-0.15, -0.1) is 0 Å². The van der Waals surface area contributed by atoms with Gasteiger partial charge in [-0.25, -0.2) is 23.7 Å². The summed E-state index contributed by atoms with van der Waals surface area (Å²) in [5.74, 6) is -1.25. The van der Waals surface area contributed by atoms with E-state index in [2.05, 4.69) is 20.3 Å². The number of hydrogen-bond acceptors (Lipinski definition) is 6. The van der Waals surface area contributed by atoms with Crippen molar-refractivity contribution in [2.45, 2.75) is 26.8 Å². The lowest BCUT2D eigenvalue weighted by Crippen LogP contribution is -2.13. The highest BCUT2D eigenvalue weighted by Crippen LogP contribution is 2.37. The van der Waals surface area contributed by atoms with Gasteiger partial charge in [-0.3, -0.25) is 4.57 Å². The fourth-order valence-electron chi connectivity index (χ4n) is 3.84. The van der Waals surface area contributed by atoms with Gasteiger partial charge < -0.3 is 15.1 Å². The van der Waals surface area contributed by atoms with Crippen LogP contribution in [0.4, 0.5) is 14.5 Å². The molecule has 0 aliphatic carbocycles. The number of aromatic nitrogens is 3. The van der Waals surface area contributed by atoms with Crippen LogP contribution in [0, 0.1) is 36.8 Å². The van der Waals surface area contributed by atoms with Gasteiger partial charge in [0.25, 0.3) is 0 Å². The zero-order valence-electron chi connectivity index (χ0n) is 19.2. The number of anilines is 1. The lowest BCUT2D eigenvalue weighted by molar-refractivity contribution is 0.386. The number of benzene rings is 1. The maximum atomic E-state index is 15.1. The SMILES string of the molecule is Cc1cc(-c2nc3c(NC(C)c4cc(C#N)ccc4F)c(Cl)c(C)nc3cc2F)cnc1P(=O)(O)O. The van der Waals surface area contributed by atoms with Crippen LogP contribution in [0.1, 0.15) is 35.3 Å². The van der Waals surface area contributed by atoms with Crippen molar-refractivity contribution >= 4 is 41.4 Å². The molecule has 0 bridgehead atoms. The molecule has 12 heteroatoms. The van der Waals surface area contributed by atoms with E-state index in [0.717, 1.165) is 6.20 Å². The molecule has 1 aromatic carbocycles. The largest absolute Gasteiger partial charge is 0.375 e. The smallest absolute Gasteiger partial charge is 0.374 e. The number of rotatable bonds is 5. The first kappa shape index (κ1) is 25.6. The average Bonchev–Trinajstić information content (AvgIpc) is 2.81. The molecule has 4 rings (SSSR count). The second-order valence-electron chi connectivity index (χ2n) is 8.20. The summed E-state index contributed by atoms with van der Waals surface area (Å²) < 4.78 is 41.2. The summed E-state index contributed by atoms with van der Waals surface area (Å²) in [6.07, 6.45) is 1.13. The Kier molecular flexibility index (Phi) is 6.78. The number of halogens is 3. The van der Waals surface area contributed by atoms with Crippen LogP contribution in [0.25, 0.3) is 22.3 Å². The maximum absolute atomic E-state index is 15.1. The Labute approximate surface area is 209 Å². The molecule has 3 heterocycles. The molecule has 184 valence electrons. The van der Waals surface area contributed by atoms with Crippen molar-refractivity contribution in [1.29, 1.82) is 5.26 Å². The Balaban J connectivity index is 1.87. The van der Waals surface area contributed by atoms with E-state index >= 15 is 4.39 Å². The van der Waals surface area contributed by atoms with Crippen LogP contribution >= 0.6 is 19.2 Å². The lowest BCUT2D eigenvalue weighted by atomic mass is 10.0. The first-order valence-electron chi connectivity index (χ1n) is 10.6. The Morgan fingerprint density at radius 1 is 1.14 bits per heavy atom. The molecule has 0 radical (unpaired) electrons. The van der Waals surface area contributed by atoms with Crippen molar-refractivity contribution in [3.63, 3.8) is 0 Å². The molecule has 4 aromatic rings. The minimum absolute atomic E-state index is 0.134. The van der Waals surface area contributed by atoms with E-state index in [0.29, 0.717) is 5.69 Å². The van der Waals surface area contributed by atoms with Gasteiger partial charge in [0, 0.05) is 23.4 Å². The summed E-state index contributed by atoms with van der Waals surface area (Å²) in [5, 5.41) is 12.5. The normalized spacial score (nSPS) is 12.4. The molecule has 0 aliphatic rings. The highest BCUT2D eigenvalue weighted by atomic mass is 35.5. The summed E-state index contributed by atoms with van der Waals surface area (Å²) in [4.78, 5) is 31.4. The number of fused-ring (bicyclic) bond motifs is 1. The fourth-order valence-corrected chi connectivity index (χ4v) is 4.76.